The summed E-state index contributed by atoms with van der Waals surface area (Å²) in [6.45, 7) is 12.1. The summed E-state index contributed by atoms with van der Waals surface area (Å²) in [6, 6.07) is 3.11. The minimum absolute atomic E-state index is 0.287. The molecule has 0 spiro atoms. The van der Waals surface area contributed by atoms with Crippen LogP contribution in [0.2, 0.25) is 0 Å². The van der Waals surface area contributed by atoms with Crippen LogP contribution in [-0.2, 0) is 75.8 Å². The second-order valence-corrected chi connectivity index (χ2v) is 14.8. The largest absolute Gasteiger partial charge is 0.382 e. The van der Waals surface area contributed by atoms with Gasteiger partial charge in [-0.3, -0.25) is 0 Å². The molecule has 0 aliphatic carbocycles. The van der Waals surface area contributed by atoms with Crippen molar-refractivity contribution in [3.05, 3.63) is 24.5 Å². The van der Waals surface area contributed by atoms with Crippen molar-refractivity contribution in [3.63, 3.8) is 0 Å². The third kappa shape index (κ3) is 24.3. The van der Waals surface area contributed by atoms with Crippen LogP contribution in [0.4, 0.5) is 0 Å². The fourth-order valence-electron chi connectivity index (χ4n) is 6.04. The molecule has 4 rings (SSSR count). The molecule has 69 heavy (non-hydrogen) atoms. The molecule has 0 unspecified atom stereocenters. The number of rotatable bonds is 48. The summed E-state index contributed by atoms with van der Waals surface area (Å²) in [5, 5.41) is 26.4. The zero-order chi connectivity index (χ0) is 48.7. The van der Waals surface area contributed by atoms with Crippen LogP contribution in [0.5, 0.6) is 0 Å². The van der Waals surface area contributed by atoms with Crippen molar-refractivity contribution in [2.45, 2.75) is 12.1 Å². The van der Waals surface area contributed by atoms with Crippen LogP contribution in [0, 0.1) is 0 Å². The molecule has 0 radical (unpaired) electrons. The lowest BCUT2D eigenvalue weighted by atomic mass is 10.0. The maximum absolute atomic E-state index is 6.00. The van der Waals surface area contributed by atoms with Crippen molar-refractivity contribution in [1.29, 1.82) is 0 Å². The van der Waals surface area contributed by atoms with E-state index in [0.29, 0.717) is 192 Å². The van der Waals surface area contributed by atoms with E-state index >= 15 is 0 Å². The predicted octanol–water partition coefficient (Wildman–Crippen LogP) is 1.61. The van der Waals surface area contributed by atoms with Gasteiger partial charge < -0.3 is 75.8 Å². The van der Waals surface area contributed by atoms with Gasteiger partial charge in [-0.05, 0) is 22.4 Å². The third-order valence-electron chi connectivity index (χ3n) is 9.68. The van der Waals surface area contributed by atoms with Gasteiger partial charge in [-0.1, -0.05) is 10.4 Å². The summed E-state index contributed by atoms with van der Waals surface area (Å²) in [5.74, 6) is 0. The van der Waals surface area contributed by atoms with Crippen LogP contribution < -0.4 is 0 Å². The highest BCUT2D eigenvalue weighted by atomic mass is 16.6. The van der Waals surface area contributed by atoms with Gasteiger partial charge in [0.25, 0.3) is 0 Å². The lowest BCUT2D eigenvalue weighted by Gasteiger charge is -2.17. The molecule has 0 aliphatic rings. The molecule has 25 heteroatoms. The summed E-state index contributed by atoms with van der Waals surface area (Å²) in [5.41, 5.74) is 3.35. The average molecular weight is 987 g/mol. The van der Waals surface area contributed by atoms with Gasteiger partial charge >= 0.3 is 0 Å². The van der Waals surface area contributed by atoms with E-state index < -0.39 is 0 Å². The second kappa shape index (κ2) is 38.9. The van der Waals surface area contributed by atoms with Gasteiger partial charge in [-0.25, -0.2) is 14.0 Å². The van der Waals surface area contributed by atoms with E-state index in [4.69, 9.17) is 80.4 Å². The van der Waals surface area contributed by atoms with Gasteiger partial charge in [0.2, 0.25) is 0 Å². The topological polar surface area (TPSA) is 248 Å². The maximum Gasteiger partial charge on any atom is 0.145 e. The molecule has 0 aliphatic heterocycles. The highest BCUT2D eigenvalue weighted by Crippen LogP contribution is 2.32. The predicted molar refractivity (Wildman–Crippen MR) is 245 cm³/mol. The van der Waals surface area contributed by atoms with Gasteiger partial charge in [0.1, 0.15) is 34.5 Å². The number of aromatic nitrogens is 8. The van der Waals surface area contributed by atoms with Gasteiger partial charge in [0.05, 0.1) is 197 Å². The van der Waals surface area contributed by atoms with E-state index in [1.807, 2.05) is 24.5 Å². The number of hydrogen-bond acceptors (Lipinski definition) is 23. The molecule has 0 fully saturated rings. The molecule has 3 heterocycles. The van der Waals surface area contributed by atoms with E-state index in [2.05, 4.69) is 30.9 Å². The third-order valence-corrected chi connectivity index (χ3v) is 9.68. The van der Waals surface area contributed by atoms with E-state index in [9.17, 15) is 0 Å². The minimum Gasteiger partial charge on any atom is -0.382 e. The van der Waals surface area contributed by atoms with Crippen molar-refractivity contribution in [2.24, 2.45) is 0 Å². The number of fused-ring (bicyclic) bond motifs is 1. The highest BCUT2D eigenvalue weighted by Gasteiger charge is 2.22. The molecule has 392 valence electrons. The highest BCUT2D eigenvalue weighted by molar-refractivity contribution is 5.98. The Kier molecular flexibility index (Phi) is 32.6. The first-order chi connectivity index (χ1) is 34.2. The van der Waals surface area contributed by atoms with Crippen molar-refractivity contribution >= 4 is 11.0 Å². The van der Waals surface area contributed by atoms with Gasteiger partial charge in [-0.2, -0.15) is 0 Å². The molecule has 0 amide bonds. The van der Waals surface area contributed by atoms with Crippen molar-refractivity contribution in [3.8, 4) is 22.5 Å². The minimum atomic E-state index is -0.320. The molecule has 0 saturated heterocycles. The first kappa shape index (κ1) is 57.8. The SMILES string of the molecule is COCCOCCOCCOCC(COCCOCCOCCOC)n1cc(-c2ccc(-c3cn(C(COCCOCCOCCOC)COCCOCCOCCOC)nn3)c3nonc23)nn1. The molecule has 0 bridgehead atoms. The molecule has 4 aromatic rings. The van der Waals surface area contributed by atoms with Crippen molar-refractivity contribution in [2.75, 3.05) is 213 Å². The normalized spacial score (nSPS) is 12.0. The molecule has 0 N–H and O–H groups in total. The Balaban J connectivity index is 1.37. The molecule has 0 saturated carbocycles. The molecular weight excluding hydrogens is 913 g/mol. The average Bonchev–Trinajstić information content (AvgIpc) is 4.18. The van der Waals surface area contributed by atoms with Crippen molar-refractivity contribution < 1.29 is 80.4 Å². The fourth-order valence-corrected chi connectivity index (χ4v) is 6.04. The summed E-state index contributed by atoms with van der Waals surface area (Å²) < 4.78 is 97.0. The van der Waals surface area contributed by atoms with Crippen LogP contribution >= 0.6 is 0 Å². The molecule has 3 aromatic heterocycles. The Bertz CT molecular complexity index is 1630. The summed E-state index contributed by atoms with van der Waals surface area (Å²) in [7, 11) is 6.53. The lowest BCUT2D eigenvalue weighted by molar-refractivity contribution is -0.0206. The zero-order valence-corrected chi connectivity index (χ0v) is 40.8. The molecule has 0 atom stereocenters. The number of ether oxygens (including phenoxy) is 16. The fraction of sp³-hybridized carbons (Fsp3) is 0.773. The van der Waals surface area contributed by atoms with Gasteiger partial charge in [0, 0.05) is 39.6 Å². The Hall–Kier alpha value is -3.74. The van der Waals surface area contributed by atoms with Crippen LogP contribution in [0.1, 0.15) is 12.1 Å². The van der Waals surface area contributed by atoms with Crippen LogP contribution in [0.15, 0.2) is 29.2 Å². The molecule has 25 nitrogen and oxygen atoms in total. The number of nitrogens with zero attached hydrogens (tertiary/aromatic N) is 8. The summed E-state index contributed by atoms with van der Waals surface area (Å²) in [4.78, 5) is 0. The number of benzene rings is 1. The number of hydrogen-bond donors (Lipinski definition) is 0. The Morgan fingerprint density at radius 1 is 0.362 bits per heavy atom. The quantitative estimate of drug-likeness (QED) is 0.0570. The van der Waals surface area contributed by atoms with E-state index in [1.165, 1.54) is 0 Å². The van der Waals surface area contributed by atoms with Crippen LogP contribution in [0.25, 0.3) is 33.5 Å². The summed E-state index contributed by atoms with van der Waals surface area (Å²) in [6.07, 6.45) is 3.62. The smallest absolute Gasteiger partial charge is 0.145 e. The zero-order valence-electron chi connectivity index (χ0n) is 40.8. The van der Waals surface area contributed by atoms with Crippen LogP contribution in [-0.4, -0.2) is 254 Å². The van der Waals surface area contributed by atoms with Gasteiger partial charge in [0.15, 0.2) is 0 Å². The van der Waals surface area contributed by atoms with E-state index in [1.54, 1.807) is 37.8 Å². The molecule has 1 aromatic carbocycles. The monoisotopic (exact) mass is 987 g/mol. The summed E-state index contributed by atoms with van der Waals surface area (Å²) >= 11 is 0. The Morgan fingerprint density at radius 3 is 0.870 bits per heavy atom. The van der Waals surface area contributed by atoms with Crippen molar-refractivity contribution in [1.82, 2.24) is 40.3 Å². The van der Waals surface area contributed by atoms with E-state index in [0.717, 1.165) is 0 Å². The van der Waals surface area contributed by atoms with E-state index in [-0.39, 0.29) is 38.5 Å². The number of methoxy groups -OCH3 is 4. The van der Waals surface area contributed by atoms with Crippen LogP contribution in [0.3, 0.4) is 0 Å². The Morgan fingerprint density at radius 2 is 0.609 bits per heavy atom. The Labute approximate surface area is 403 Å². The van der Waals surface area contributed by atoms with Gasteiger partial charge in [-0.15, -0.1) is 10.2 Å². The standard InChI is InChI=1S/C44H74N8O17/c1-53-7-11-57-15-19-61-23-27-65-33-37(34-66-28-24-62-20-16-58-12-8-54-2)51-31-41(45-49-51)39-5-6-40(44-43(39)47-69-48-44)42-32-52(50-46-42)38(35-67-29-25-63-21-17-59-13-9-55-3)36-68-30-26-64-22-18-60-14-10-56-4/h5-6,31-32,37-38H,7-30,33-36H2,1-4H3. The first-order valence-electron chi connectivity index (χ1n) is 23.2. The maximum atomic E-state index is 6.00. The first-order valence-corrected chi connectivity index (χ1v) is 23.2. The molecular formula is C44H74N8O17. The second-order valence-electron chi connectivity index (χ2n) is 14.8. The lowest BCUT2D eigenvalue weighted by Crippen LogP contribution is -2.24.